The summed E-state index contributed by atoms with van der Waals surface area (Å²) in [6.07, 6.45) is 2.83. The van der Waals surface area contributed by atoms with Crippen molar-refractivity contribution in [1.82, 2.24) is 9.80 Å². The highest BCUT2D eigenvalue weighted by atomic mass is 15.3. The average molecular weight is 168 g/mol. The second kappa shape index (κ2) is 3.35. The van der Waals surface area contributed by atoms with Gasteiger partial charge in [-0.15, -0.1) is 0 Å². The van der Waals surface area contributed by atoms with E-state index in [0.29, 0.717) is 0 Å². The maximum atomic E-state index is 2.68. The van der Waals surface area contributed by atoms with Crippen LogP contribution in [0.1, 0.15) is 19.8 Å². The van der Waals surface area contributed by atoms with Gasteiger partial charge in [-0.25, -0.2) is 0 Å². The highest BCUT2D eigenvalue weighted by Crippen LogP contribution is 2.21. The quantitative estimate of drug-likeness (QED) is 0.577. The van der Waals surface area contributed by atoms with Gasteiger partial charge in [0.05, 0.1) is 0 Å². The van der Waals surface area contributed by atoms with E-state index in [9.17, 15) is 0 Å². The second-order valence-electron chi connectivity index (χ2n) is 4.59. The molecule has 0 spiro atoms. The van der Waals surface area contributed by atoms with E-state index < -0.39 is 0 Å². The van der Waals surface area contributed by atoms with Gasteiger partial charge >= 0.3 is 0 Å². The van der Waals surface area contributed by atoms with Crippen molar-refractivity contribution in [2.45, 2.75) is 25.8 Å². The van der Waals surface area contributed by atoms with Gasteiger partial charge in [0.1, 0.15) is 0 Å². The summed E-state index contributed by atoms with van der Waals surface area (Å²) in [6.45, 7) is 7.67. The number of piperidine rings is 1. The Morgan fingerprint density at radius 3 is 2.17 bits per heavy atom. The first-order chi connectivity index (χ1) is 5.75. The molecule has 2 saturated heterocycles. The van der Waals surface area contributed by atoms with Crippen LogP contribution in [0.4, 0.5) is 0 Å². The van der Waals surface area contributed by atoms with Crippen LogP contribution in [0.5, 0.6) is 0 Å². The molecule has 0 aliphatic carbocycles. The lowest BCUT2D eigenvalue weighted by atomic mass is 9.96. The van der Waals surface area contributed by atoms with Crippen LogP contribution >= 0.6 is 0 Å². The molecule has 0 aromatic rings. The first-order valence-electron chi connectivity index (χ1n) is 5.18. The Morgan fingerprint density at radius 2 is 1.67 bits per heavy atom. The van der Waals surface area contributed by atoms with E-state index in [-0.39, 0.29) is 0 Å². The number of likely N-dealkylation sites (N-methyl/N-ethyl adjacent to an activating group) is 1. The lowest BCUT2D eigenvalue weighted by molar-refractivity contribution is 0.0313. The number of hydrogen-bond acceptors (Lipinski definition) is 2. The van der Waals surface area contributed by atoms with Gasteiger partial charge in [-0.1, -0.05) is 6.92 Å². The molecule has 0 amide bonds. The average Bonchev–Trinajstić information content (AvgIpc) is 2.01. The summed E-state index contributed by atoms with van der Waals surface area (Å²) in [5, 5.41) is 0. The predicted molar refractivity (Wildman–Crippen MR) is 51.3 cm³/mol. The summed E-state index contributed by atoms with van der Waals surface area (Å²) >= 11 is 0. The molecule has 12 heavy (non-hydrogen) atoms. The maximum absolute atomic E-state index is 2.68. The zero-order valence-electron chi connectivity index (χ0n) is 8.29. The van der Waals surface area contributed by atoms with Gasteiger partial charge in [0.2, 0.25) is 0 Å². The van der Waals surface area contributed by atoms with Crippen LogP contribution in [0, 0.1) is 5.92 Å². The Bertz CT molecular complexity index is 144. The number of nitrogens with zero attached hydrogens (tertiary/aromatic N) is 2. The third-order valence-electron chi connectivity index (χ3n) is 3.38. The molecule has 0 N–H and O–H groups in total. The molecule has 2 heterocycles. The molecular weight excluding hydrogens is 148 g/mol. The van der Waals surface area contributed by atoms with Crippen molar-refractivity contribution >= 4 is 0 Å². The van der Waals surface area contributed by atoms with Crippen molar-refractivity contribution in [1.29, 1.82) is 0 Å². The van der Waals surface area contributed by atoms with Crippen LogP contribution < -0.4 is 0 Å². The summed E-state index contributed by atoms with van der Waals surface area (Å²) in [4.78, 5) is 5.09. The van der Waals surface area contributed by atoms with Crippen molar-refractivity contribution in [3.05, 3.63) is 0 Å². The molecular formula is C10H20N2. The minimum absolute atomic E-state index is 0.891. The van der Waals surface area contributed by atoms with Gasteiger partial charge in [0.15, 0.2) is 0 Å². The third kappa shape index (κ3) is 1.64. The van der Waals surface area contributed by atoms with E-state index in [1.54, 1.807) is 0 Å². The summed E-state index contributed by atoms with van der Waals surface area (Å²) in [7, 11) is 2.21. The molecule has 70 valence electrons. The first-order valence-corrected chi connectivity index (χ1v) is 5.18. The molecule has 0 aromatic heterocycles. The number of rotatable bonds is 1. The maximum Gasteiger partial charge on any atom is 0.0350 e. The first kappa shape index (κ1) is 8.52. The van der Waals surface area contributed by atoms with Crippen LogP contribution in [-0.2, 0) is 0 Å². The predicted octanol–water partition coefficient (Wildman–Crippen LogP) is 1.03. The summed E-state index contributed by atoms with van der Waals surface area (Å²) in [5.74, 6) is 0.971. The summed E-state index contributed by atoms with van der Waals surface area (Å²) in [5.41, 5.74) is 0. The van der Waals surface area contributed by atoms with Crippen molar-refractivity contribution in [2.75, 3.05) is 33.2 Å². The molecule has 0 bridgehead atoms. The van der Waals surface area contributed by atoms with Gasteiger partial charge < -0.3 is 4.90 Å². The Kier molecular flexibility index (Phi) is 2.37. The standard InChI is InChI=1S/C10H20N2/c1-9-3-5-12(6-4-9)10-7-11(2)8-10/h9-10H,3-8H2,1-2H3. The molecule has 2 aliphatic heterocycles. The van der Waals surface area contributed by atoms with E-state index in [1.165, 1.54) is 39.0 Å². The van der Waals surface area contributed by atoms with Crippen LogP contribution in [-0.4, -0.2) is 49.1 Å². The molecule has 0 radical (unpaired) electrons. The van der Waals surface area contributed by atoms with E-state index in [2.05, 4.69) is 23.8 Å². The van der Waals surface area contributed by atoms with Crippen molar-refractivity contribution in [3.63, 3.8) is 0 Å². The van der Waals surface area contributed by atoms with Crippen LogP contribution in [0.15, 0.2) is 0 Å². The van der Waals surface area contributed by atoms with E-state index in [1.807, 2.05) is 0 Å². The van der Waals surface area contributed by atoms with Crippen molar-refractivity contribution < 1.29 is 0 Å². The minimum Gasteiger partial charge on any atom is -0.303 e. The lowest BCUT2D eigenvalue weighted by Gasteiger charge is -2.46. The Morgan fingerprint density at radius 1 is 1.08 bits per heavy atom. The molecule has 0 atom stereocenters. The zero-order chi connectivity index (χ0) is 8.55. The van der Waals surface area contributed by atoms with Gasteiger partial charge in [-0.05, 0) is 38.9 Å². The topological polar surface area (TPSA) is 6.48 Å². The van der Waals surface area contributed by atoms with Gasteiger partial charge in [-0.3, -0.25) is 4.90 Å². The monoisotopic (exact) mass is 168 g/mol. The van der Waals surface area contributed by atoms with Crippen molar-refractivity contribution in [3.8, 4) is 0 Å². The normalized spacial score (nSPS) is 30.5. The highest BCUT2D eigenvalue weighted by molar-refractivity contribution is 4.87. The fourth-order valence-corrected chi connectivity index (χ4v) is 2.29. The lowest BCUT2D eigenvalue weighted by Crippen LogP contribution is -2.59. The highest BCUT2D eigenvalue weighted by Gasteiger charge is 2.30. The molecule has 2 rings (SSSR count). The van der Waals surface area contributed by atoms with Crippen molar-refractivity contribution in [2.24, 2.45) is 5.92 Å². The smallest absolute Gasteiger partial charge is 0.0350 e. The Balaban J connectivity index is 1.75. The SMILES string of the molecule is CC1CCN(C2CN(C)C2)CC1. The third-order valence-corrected chi connectivity index (χ3v) is 3.38. The summed E-state index contributed by atoms with van der Waals surface area (Å²) in [6, 6.07) is 0.891. The number of hydrogen-bond donors (Lipinski definition) is 0. The second-order valence-corrected chi connectivity index (χ2v) is 4.59. The molecule has 0 aromatic carbocycles. The molecule has 0 saturated carbocycles. The van der Waals surface area contributed by atoms with Crippen LogP contribution in [0.25, 0.3) is 0 Å². The van der Waals surface area contributed by atoms with E-state index in [0.717, 1.165) is 12.0 Å². The van der Waals surface area contributed by atoms with Gasteiger partial charge in [0.25, 0.3) is 0 Å². The van der Waals surface area contributed by atoms with Gasteiger partial charge in [0, 0.05) is 19.1 Å². The van der Waals surface area contributed by atoms with Gasteiger partial charge in [-0.2, -0.15) is 0 Å². The molecule has 2 fully saturated rings. The molecule has 2 nitrogen and oxygen atoms in total. The molecule has 0 unspecified atom stereocenters. The largest absolute Gasteiger partial charge is 0.303 e. The fraction of sp³-hybridized carbons (Fsp3) is 1.00. The van der Waals surface area contributed by atoms with E-state index in [4.69, 9.17) is 0 Å². The van der Waals surface area contributed by atoms with E-state index >= 15 is 0 Å². The molecule has 2 aliphatic rings. The van der Waals surface area contributed by atoms with Crippen LogP contribution in [0.2, 0.25) is 0 Å². The minimum atomic E-state index is 0.891. The van der Waals surface area contributed by atoms with Crippen LogP contribution in [0.3, 0.4) is 0 Å². The zero-order valence-corrected chi connectivity index (χ0v) is 8.29. The Labute approximate surface area is 75.5 Å². The fourth-order valence-electron chi connectivity index (χ4n) is 2.29. The Hall–Kier alpha value is -0.0800. The summed E-state index contributed by atoms with van der Waals surface area (Å²) < 4.78 is 0. The molecule has 2 heteroatoms. The number of likely N-dealkylation sites (tertiary alicyclic amines) is 2.